The third kappa shape index (κ3) is 5.29. The first-order valence-corrected chi connectivity index (χ1v) is 6.58. The molecule has 0 saturated heterocycles. The number of rotatable bonds is 7. The number of hydrogen-bond acceptors (Lipinski definition) is 3. The van der Waals surface area contributed by atoms with Gasteiger partial charge in [-0.25, -0.2) is 4.79 Å². The number of carboxylic acids is 1. The van der Waals surface area contributed by atoms with E-state index in [2.05, 4.69) is 5.32 Å². The Labute approximate surface area is 122 Å². The average molecular weight is 295 g/mol. The normalized spacial score (nSPS) is 11.4. The molecule has 1 amide bonds. The molecule has 0 aliphatic carbocycles. The Morgan fingerprint density at radius 3 is 2.50 bits per heavy atom. The topological polar surface area (TPSA) is 90.2 Å². The van der Waals surface area contributed by atoms with E-state index in [9.17, 15) is 9.59 Å². The summed E-state index contributed by atoms with van der Waals surface area (Å²) in [4.78, 5) is 23.0. The van der Waals surface area contributed by atoms with Crippen LogP contribution in [0.2, 0.25) is 5.02 Å². The molecule has 0 heterocycles. The van der Waals surface area contributed by atoms with Crippen LogP contribution in [-0.2, 0) is 4.79 Å². The van der Waals surface area contributed by atoms with Gasteiger partial charge >= 0.3 is 5.97 Å². The van der Waals surface area contributed by atoms with E-state index in [4.69, 9.17) is 22.0 Å². The second-order valence-electron chi connectivity index (χ2n) is 4.28. The van der Waals surface area contributed by atoms with Crippen LogP contribution in [-0.4, -0.2) is 23.0 Å². The minimum atomic E-state index is -1.08. The summed E-state index contributed by atoms with van der Waals surface area (Å²) in [6.07, 6.45) is 1.89. The van der Waals surface area contributed by atoms with Crippen LogP contribution in [0.3, 0.4) is 0 Å². The smallest absolute Gasteiger partial charge is 0.326 e. The van der Waals surface area contributed by atoms with Gasteiger partial charge in [0.1, 0.15) is 6.04 Å². The molecular weight excluding hydrogens is 280 g/mol. The van der Waals surface area contributed by atoms with Crippen LogP contribution >= 0.6 is 11.6 Å². The van der Waals surface area contributed by atoms with Gasteiger partial charge in [-0.05, 0) is 43.5 Å². The zero-order valence-electron chi connectivity index (χ0n) is 10.8. The number of halogens is 1. The predicted molar refractivity (Wildman–Crippen MR) is 74.4 cm³/mol. The number of carbonyl (C=O) groups is 2. The van der Waals surface area contributed by atoms with Crippen molar-refractivity contribution in [2.24, 2.45) is 0 Å². The van der Waals surface area contributed by atoms with E-state index in [1.165, 1.54) is 12.1 Å². The minimum Gasteiger partial charge on any atom is -0.480 e. The van der Waals surface area contributed by atoms with Gasteiger partial charge in [-0.3, -0.25) is 4.79 Å². The molecule has 0 aliphatic rings. The van der Waals surface area contributed by atoms with Crippen LogP contribution in [0.1, 0.15) is 36.0 Å². The quantitative estimate of drug-likeness (QED) is 0.756. The Bertz CT molecular complexity index is 508. The summed E-state index contributed by atoms with van der Waals surface area (Å²) in [5.41, 5.74) is 0.359. The number of hydrogen-bond donors (Lipinski definition) is 2. The highest BCUT2D eigenvalue weighted by Gasteiger charge is 2.20. The van der Waals surface area contributed by atoms with Gasteiger partial charge in [0, 0.05) is 17.0 Å². The lowest BCUT2D eigenvalue weighted by Crippen LogP contribution is -2.40. The number of nitrogens with zero attached hydrogens (tertiary/aromatic N) is 1. The van der Waals surface area contributed by atoms with Crippen LogP contribution in [0.4, 0.5) is 0 Å². The van der Waals surface area contributed by atoms with E-state index in [0.717, 1.165) is 0 Å². The van der Waals surface area contributed by atoms with E-state index in [1.54, 1.807) is 12.1 Å². The van der Waals surface area contributed by atoms with Crippen molar-refractivity contribution in [1.82, 2.24) is 5.32 Å². The molecule has 0 saturated carbocycles. The van der Waals surface area contributed by atoms with Crippen LogP contribution < -0.4 is 5.32 Å². The Balaban J connectivity index is 2.57. The molecule has 0 bridgehead atoms. The molecule has 0 radical (unpaired) electrons. The lowest BCUT2D eigenvalue weighted by molar-refractivity contribution is -0.139. The summed E-state index contributed by atoms with van der Waals surface area (Å²) < 4.78 is 0. The molecule has 1 atom stereocenters. The SMILES string of the molecule is N#CCCCC[C@H](NC(=O)c1ccc(Cl)cc1)C(=O)O. The van der Waals surface area contributed by atoms with Crippen molar-refractivity contribution in [3.63, 3.8) is 0 Å². The first kappa shape index (κ1) is 16.0. The summed E-state index contributed by atoms with van der Waals surface area (Å²) in [5, 5.41) is 20.5. The van der Waals surface area contributed by atoms with E-state index in [0.29, 0.717) is 36.3 Å². The van der Waals surface area contributed by atoms with Crippen molar-refractivity contribution in [1.29, 1.82) is 5.26 Å². The van der Waals surface area contributed by atoms with Crippen LogP contribution in [0.15, 0.2) is 24.3 Å². The first-order chi connectivity index (χ1) is 9.54. The van der Waals surface area contributed by atoms with Crippen LogP contribution in [0, 0.1) is 11.3 Å². The number of carboxylic acid groups (broad SMARTS) is 1. The third-order valence-electron chi connectivity index (χ3n) is 2.74. The zero-order chi connectivity index (χ0) is 15.0. The Morgan fingerprint density at radius 2 is 1.95 bits per heavy atom. The van der Waals surface area contributed by atoms with Gasteiger partial charge in [-0.2, -0.15) is 5.26 Å². The number of carbonyl (C=O) groups excluding carboxylic acids is 1. The van der Waals surface area contributed by atoms with E-state index in [-0.39, 0.29) is 0 Å². The van der Waals surface area contributed by atoms with Crippen LogP contribution in [0.25, 0.3) is 0 Å². The minimum absolute atomic E-state index is 0.302. The summed E-state index contributed by atoms with van der Waals surface area (Å²) in [7, 11) is 0. The first-order valence-electron chi connectivity index (χ1n) is 6.20. The Kier molecular flexibility index (Phi) is 6.54. The maximum Gasteiger partial charge on any atom is 0.326 e. The number of aliphatic carboxylic acids is 1. The summed E-state index contributed by atoms with van der Waals surface area (Å²) in [6, 6.07) is 7.25. The molecule has 20 heavy (non-hydrogen) atoms. The number of nitrogens with one attached hydrogen (secondary N) is 1. The van der Waals surface area contributed by atoms with Crippen molar-refractivity contribution in [2.75, 3.05) is 0 Å². The molecule has 5 nitrogen and oxygen atoms in total. The maximum atomic E-state index is 11.9. The lowest BCUT2D eigenvalue weighted by Gasteiger charge is -2.14. The number of nitriles is 1. The highest BCUT2D eigenvalue weighted by atomic mass is 35.5. The van der Waals surface area contributed by atoms with E-state index >= 15 is 0 Å². The molecule has 0 unspecified atom stereocenters. The van der Waals surface area contributed by atoms with Crippen molar-refractivity contribution in [3.8, 4) is 6.07 Å². The third-order valence-corrected chi connectivity index (χ3v) is 2.99. The molecule has 6 heteroatoms. The fourth-order valence-electron chi connectivity index (χ4n) is 1.65. The van der Waals surface area contributed by atoms with Gasteiger partial charge in [0.25, 0.3) is 5.91 Å². The molecule has 106 valence electrons. The van der Waals surface area contributed by atoms with Gasteiger partial charge in [0.2, 0.25) is 0 Å². The van der Waals surface area contributed by atoms with Crippen molar-refractivity contribution in [2.45, 2.75) is 31.7 Å². The fourth-order valence-corrected chi connectivity index (χ4v) is 1.78. The van der Waals surface area contributed by atoms with Crippen molar-refractivity contribution >= 4 is 23.5 Å². The predicted octanol–water partition coefficient (Wildman–Crippen LogP) is 2.61. The fraction of sp³-hybridized carbons (Fsp3) is 0.357. The molecule has 1 aromatic carbocycles. The maximum absolute atomic E-state index is 11.9. The zero-order valence-corrected chi connectivity index (χ0v) is 11.6. The second kappa shape index (κ2) is 8.18. The molecule has 0 aromatic heterocycles. The summed E-state index contributed by atoms with van der Waals surface area (Å²) >= 11 is 5.72. The standard InChI is InChI=1S/C14H15ClN2O3/c15-11-7-5-10(6-8-11)13(18)17-12(14(19)20)4-2-1-3-9-16/h5-8,12H,1-4H2,(H,17,18)(H,19,20)/t12-/m0/s1. The molecule has 0 aliphatic heterocycles. The van der Waals surface area contributed by atoms with Crippen LogP contribution in [0.5, 0.6) is 0 Å². The van der Waals surface area contributed by atoms with Gasteiger partial charge in [-0.1, -0.05) is 11.6 Å². The monoisotopic (exact) mass is 294 g/mol. The Hall–Kier alpha value is -2.06. The Morgan fingerprint density at radius 1 is 1.30 bits per heavy atom. The molecule has 0 spiro atoms. The average Bonchev–Trinajstić information content (AvgIpc) is 2.42. The van der Waals surface area contributed by atoms with Gasteiger partial charge < -0.3 is 10.4 Å². The van der Waals surface area contributed by atoms with Gasteiger partial charge in [0.05, 0.1) is 6.07 Å². The molecule has 2 N–H and O–H groups in total. The summed E-state index contributed by atoms with van der Waals surface area (Å²) in [5.74, 6) is -1.53. The van der Waals surface area contributed by atoms with Crippen molar-refractivity contribution in [3.05, 3.63) is 34.9 Å². The molecule has 0 fully saturated rings. The number of unbranched alkanes of at least 4 members (excludes halogenated alkanes) is 2. The molecule has 1 rings (SSSR count). The van der Waals surface area contributed by atoms with E-state index in [1.807, 2.05) is 6.07 Å². The second-order valence-corrected chi connectivity index (χ2v) is 4.71. The number of amides is 1. The number of benzene rings is 1. The van der Waals surface area contributed by atoms with Gasteiger partial charge in [-0.15, -0.1) is 0 Å². The molecule has 1 aromatic rings. The van der Waals surface area contributed by atoms with Gasteiger partial charge in [0.15, 0.2) is 0 Å². The highest BCUT2D eigenvalue weighted by Crippen LogP contribution is 2.10. The van der Waals surface area contributed by atoms with Crippen molar-refractivity contribution < 1.29 is 14.7 Å². The highest BCUT2D eigenvalue weighted by molar-refractivity contribution is 6.30. The lowest BCUT2D eigenvalue weighted by atomic mass is 10.1. The summed E-state index contributed by atoms with van der Waals surface area (Å²) in [6.45, 7) is 0. The van der Waals surface area contributed by atoms with E-state index < -0.39 is 17.9 Å². The molecular formula is C14H15ClN2O3. The largest absolute Gasteiger partial charge is 0.480 e.